The van der Waals surface area contributed by atoms with Crippen LogP contribution in [0.4, 0.5) is 0 Å². The standard InChI is InChI=1S/C18H14ClN5O/c1-24-17(11-6-4-3-5-7-11)12(9-22-24)15-16-13(20-10-21-15)8-14(25-2)18(19)23-16/h3-10H,1-2H3/i1D3. The summed E-state index contributed by atoms with van der Waals surface area (Å²) < 4.78 is 29.7. The number of halogens is 1. The van der Waals surface area contributed by atoms with Gasteiger partial charge in [0, 0.05) is 28.3 Å². The number of rotatable bonds is 3. The number of fused-ring (bicyclic) bond motifs is 1. The summed E-state index contributed by atoms with van der Waals surface area (Å²) >= 11 is 6.19. The summed E-state index contributed by atoms with van der Waals surface area (Å²) in [4.78, 5) is 12.9. The molecule has 3 heterocycles. The van der Waals surface area contributed by atoms with Crippen LogP contribution in [0.15, 0.2) is 48.9 Å². The SMILES string of the molecule is [2H]C([2H])([2H])n1ncc(-c2ncnc3cc(OC)c(Cl)nc23)c1-c1ccccc1. The Balaban J connectivity index is 2.03. The van der Waals surface area contributed by atoms with Crippen LogP contribution >= 0.6 is 11.6 Å². The molecule has 0 radical (unpaired) electrons. The van der Waals surface area contributed by atoms with Gasteiger partial charge in [0.1, 0.15) is 17.5 Å². The third-order valence-electron chi connectivity index (χ3n) is 3.82. The molecule has 0 atom stereocenters. The number of ether oxygens (including phenoxy) is 1. The van der Waals surface area contributed by atoms with Crippen LogP contribution in [-0.4, -0.2) is 31.8 Å². The van der Waals surface area contributed by atoms with Crippen LogP contribution in [0.5, 0.6) is 5.75 Å². The second-order valence-corrected chi connectivity index (χ2v) is 5.61. The van der Waals surface area contributed by atoms with E-state index in [0.29, 0.717) is 39.3 Å². The number of nitrogens with zero attached hydrogens (tertiary/aromatic N) is 5. The van der Waals surface area contributed by atoms with E-state index < -0.39 is 6.98 Å². The van der Waals surface area contributed by atoms with Gasteiger partial charge < -0.3 is 4.74 Å². The van der Waals surface area contributed by atoms with E-state index in [0.717, 1.165) is 4.68 Å². The van der Waals surface area contributed by atoms with E-state index in [9.17, 15) is 0 Å². The predicted octanol–water partition coefficient (Wildman–Crippen LogP) is 3.75. The van der Waals surface area contributed by atoms with Crippen molar-refractivity contribution in [2.45, 2.75) is 0 Å². The van der Waals surface area contributed by atoms with Gasteiger partial charge in [-0.3, -0.25) is 4.68 Å². The van der Waals surface area contributed by atoms with Crippen molar-refractivity contribution in [1.29, 1.82) is 0 Å². The first-order valence-corrected chi connectivity index (χ1v) is 7.77. The lowest BCUT2D eigenvalue weighted by molar-refractivity contribution is 0.414. The monoisotopic (exact) mass is 354 g/mol. The number of hydrogen-bond donors (Lipinski definition) is 0. The Bertz CT molecular complexity index is 1160. The van der Waals surface area contributed by atoms with Gasteiger partial charge in [-0.15, -0.1) is 0 Å². The van der Waals surface area contributed by atoms with Crippen LogP contribution in [0.2, 0.25) is 5.15 Å². The van der Waals surface area contributed by atoms with Crippen LogP contribution in [0.3, 0.4) is 0 Å². The van der Waals surface area contributed by atoms with Crippen molar-refractivity contribution in [2.75, 3.05) is 7.11 Å². The first-order chi connectivity index (χ1) is 13.4. The Morgan fingerprint density at radius 1 is 1.20 bits per heavy atom. The van der Waals surface area contributed by atoms with Crippen molar-refractivity contribution in [3.63, 3.8) is 0 Å². The predicted molar refractivity (Wildman–Crippen MR) is 96.5 cm³/mol. The van der Waals surface area contributed by atoms with Gasteiger partial charge in [-0.25, -0.2) is 15.0 Å². The van der Waals surface area contributed by atoms with Crippen molar-refractivity contribution < 1.29 is 8.85 Å². The maximum atomic E-state index is 7.84. The third kappa shape index (κ3) is 2.60. The van der Waals surface area contributed by atoms with Crippen LogP contribution in [0, 0.1) is 0 Å². The lowest BCUT2D eigenvalue weighted by Gasteiger charge is -2.09. The zero-order chi connectivity index (χ0) is 19.9. The Kier molecular flexibility index (Phi) is 3.04. The highest BCUT2D eigenvalue weighted by molar-refractivity contribution is 6.31. The summed E-state index contributed by atoms with van der Waals surface area (Å²) in [6.07, 6.45) is 2.85. The van der Waals surface area contributed by atoms with Gasteiger partial charge in [-0.2, -0.15) is 5.10 Å². The zero-order valence-corrected chi connectivity index (χ0v) is 13.9. The largest absolute Gasteiger partial charge is 0.493 e. The van der Waals surface area contributed by atoms with Gasteiger partial charge in [0.05, 0.1) is 24.5 Å². The number of methoxy groups -OCH3 is 1. The molecular formula is C18H14ClN5O. The molecule has 0 amide bonds. The highest BCUT2D eigenvalue weighted by atomic mass is 35.5. The highest BCUT2D eigenvalue weighted by Gasteiger charge is 2.18. The van der Waals surface area contributed by atoms with Gasteiger partial charge >= 0.3 is 0 Å². The number of hydrogen-bond acceptors (Lipinski definition) is 5. The van der Waals surface area contributed by atoms with E-state index in [-0.39, 0.29) is 5.15 Å². The van der Waals surface area contributed by atoms with E-state index in [1.54, 1.807) is 6.07 Å². The molecule has 7 heteroatoms. The Morgan fingerprint density at radius 2 is 2.04 bits per heavy atom. The lowest BCUT2D eigenvalue weighted by atomic mass is 10.0. The van der Waals surface area contributed by atoms with Gasteiger partial charge in [-0.1, -0.05) is 41.9 Å². The molecule has 25 heavy (non-hydrogen) atoms. The summed E-state index contributed by atoms with van der Waals surface area (Å²) in [6.45, 7) is -2.46. The van der Waals surface area contributed by atoms with E-state index in [1.165, 1.54) is 19.6 Å². The second-order valence-electron chi connectivity index (χ2n) is 5.26. The highest BCUT2D eigenvalue weighted by Crippen LogP contribution is 2.35. The van der Waals surface area contributed by atoms with Crippen molar-refractivity contribution in [1.82, 2.24) is 24.7 Å². The fourth-order valence-corrected chi connectivity index (χ4v) is 2.90. The molecule has 0 fully saturated rings. The molecule has 3 aromatic heterocycles. The minimum Gasteiger partial charge on any atom is -0.493 e. The summed E-state index contributed by atoms with van der Waals surface area (Å²) in [6, 6.07) is 10.8. The van der Waals surface area contributed by atoms with Gasteiger partial charge in [-0.05, 0) is 0 Å². The molecule has 0 aliphatic rings. The molecule has 0 N–H and O–H groups in total. The molecule has 0 aliphatic carbocycles. The molecule has 6 nitrogen and oxygen atoms in total. The topological polar surface area (TPSA) is 65.7 Å². The molecule has 124 valence electrons. The number of aryl methyl sites for hydroxylation is 1. The van der Waals surface area contributed by atoms with Crippen LogP contribution in [0.1, 0.15) is 4.11 Å². The van der Waals surface area contributed by atoms with Crippen molar-refractivity contribution in [3.8, 4) is 28.3 Å². The van der Waals surface area contributed by atoms with E-state index >= 15 is 0 Å². The molecule has 0 saturated heterocycles. The van der Waals surface area contributed by atoms with E-state index in [1.807, 2.05) is 30.3 Å². The van der Waals surface area contributed by atoms with E-state index in [4.69, 9.17) is 20.5 Å². The smallest absolute Gasteiger partial charge is 0.171 e. The molecule has 0 aliphatic heterocycles. The minimum absolute atomic E-state index is 0.163. The Hall–Kier alpha value is -2.99. The number of benzene rings is 1. The first kappa shape index (κ1) is 12.4. The summed E-state index contributed by atoms with van der Waals surface area (Å²) in [5.41, 5.74) is 3.00. The summed E-state index contributed by atoms with van der Waals surface area (Å²) in [5.74, 6) is 0.389. The maximum Gasteiger partial charge on any atom is 0.171 e. The maximum absolute atomic E-state index is 7.84. The van der Waals surface area contributed by atoms with Crippen molar-refractivity contribution >= 4 is 22.6 Å². The number of pyridine rings is 1. The number of aromatic nitrogens is 5. The molecule has 0 unspecified atom stereocenters. The summed E-state index contributed by atoms with van der Waals surface area (Å²) in [5, 5.41) is 4.27. The van der Waals surface area contributed by atoms with Crippen LogP contribution < -0.4 is 4.74 Å². The van der Waals surface area contributed by atoms with Crippen molar-refractivity contribution in [2.24, 2.45) is 6.98 Å². The average Bonchev–Trinajstić information content (AvgIpc) is 3.13. The molecule has 4 aromatic rings. The van der Waals surface area contributed by atoms with Crippen LogP contribution in [-0.2, 0) is 6.98 Å². The molecule has 0 saturated carbocycles. The molecule has 4 rings (SSSR count). The molecule has 0 spiro atoms. The van der Waals surface area contributed by atoms with Gasteiger partial charge in [0.2, 0.25) is 0 Å². The Morgan fingerprint density at radius 3 is 2.80 bits per heavy atom. The minimum atomic E-state index is -2.46. The van der Waals surface area contributed by atoms with E-state index in [2.05, 4.69) is 20.1 Å². The van der Waals surface area contributed by atoms with Crippen molar-refractivity contribution in [3.05, 3.63) is 54.1 Å². The zero-order valence-electron chi connectivity index (χ0n) is 16.1. The molecule has 1 aromatic carbocycles. The average molecular weight is 355 g/mol. The molecular weight excluding hydrogens is 338 g/mol. The van der Waals surface area contributed by atoms with Gasteiger partial charge in [0.25, 0.3) is 0 Å². The Labute approximate surface area is 153 Å². The first-order valence-electron chi connectivity index (χ1n) is 8.89. The fraction of sp³-hybridized carbons (Fsp3) is 0.111. The normalized spacial score (nSPS) is 13.3. The lowest BCUT2D eigenvalue weighted by Crippen LogP contribution is -1.97. The fourth-order valence-electron chi connectivity index (χ4n) is 2.68. The quantitative estimate of drug-likeness (QED) is 0.524. The third-order valence-corrected chi connectivity index (χ3v) is 4.09. The molecule has 0 bridgehead atoms. The second kappa shape index (κ2) is 6.14. The van der Waals surface area contributed by atoms with Gasteiger partial charge in [0.15, 0.2) is 10.9 Å². The van der Waals surface area contributed by atoms with Crippen LogP contribution in [0.25, 0.3) is 33.5 Å². The summed E-state index contributed by atoms with van der Waals surface area (Å²) in [7, 11) is 1.49.